The summed E-state index contributed by atoms with van der Waals surface area (Å²) in [7, 11) is 1.48. The minimum absolute atomic E-state index is 0.0693. The third kappa shape index (κ3) is 5.41. The number of esters is 1. The number of piperidine rings is 1. The topological polar surface area (TPSA) is 41.6 Å². The maximum atomic E-state index is 11.3. The number of hydrogen-bond acceptors (Lipinski definition) is 4. The largest absolute Gasteiger partial charge is 0.469 e. The van der Waals surface area contributed by atoms with Gasteiger partial charge in [0, 0.05) is 25.6 Å². The molecule has 2 atom stereocenters. The molecule has 0 bridgehead atoms. The van der Waals surface area contributed by atoms with E-state index in [1.54, 1.807) is 0 Å². The molecule has 1 aliphatic heterocycles. The van der Waals surface area contributed by atoms with Crippen LogP contribution in [0.4, 0.5) is 0 Å². The molecular weight excluding hydrogens is 252 g/mol. The average molecular weight is 282 g/mol. The fraction of sp³-hybridized carbons (Fsp3) is 0.938. The summed E-state index contributed by atoms with van der Waals surface area (Å²) in [4.78, 5) is 13.9. The Balaban J connectivity index is 1.77. The van der Waals surface area contributed by atoms with Crippen LogP contribution in [0.3, 0.4) is 0 Å². The van der Waals surface area contributed by atoms with Gasteiger partial charge in [-0.15, -0.1) is 0 Å². The molecule has 1 saturated carbocycles. The van der Waals surface area contributed by atoms with Gasteiger partial charge < -0.3 is 15.0 Å². The fourth-order valence-electron chi connectivity index (χ4n) is 3.24. The van der Waals surface area contributed by atoms with Crippen LogP contribution in [0.15, 0.2) is 0 Å². The van der Waals surface area contributed by atoms with Crippen molar-refractivity contribution < 1.29 is 9.53 Å². The van der Waals surface area contributed by atoms with Crippen LogP contribution in [0.5, 0.6) is 0 Å². The van der Waals surface area contributed by atoms with Gasteiger partial charge in [-0.25, -0.2) is 0 Å². The summed E-state index contributed by atoms with van der Waals surface area (Å²) in [6.07, 6.45) is 6.77. The molecule has 2 fully saturated rings. The maximum absolute atomic E-state index is 11.3. The summed E-state index contributed by atoms with van der Waals surface area (Å²) in [6.45, 7) is 6.93. The summed E-state index contributed by atoms with van der Waals surface area (Å²) in [5.41, 5.74) is 0. The zero-order chi connectivity index (χ0) is 14.4. The lowest BCUT2D eigenvalue weighted by Gasteiger charge is -2.38. The molecule has 1 aliphatic carbocycles. The van der Waals surface area contributed by atoms with Crippen molar-refractivity contribution in [2.75, 3.05) is 33.3 Å². The van der Waals surface area contributed by atoms with Gasteiger partial charge in [-0.2, -0.15) is 0 Å². The average Bonchev–Trinajstić information content (AvgIpc) is 3.27. The molecule has 0 radical (unpaired) electrons. The molecule has 0 aromatic carbocycles. The lowest BCUT2D eigenvalue weighted by molar-refractivity contribution is -0.141. The Morgan fingerprint density at radius 3 is 2.75 bits per heavy atom. The van der Waals surface area contributed by atoms with Gasteiger partial charge >= 0.3 is 5.97 Å². The molecule has 4 heteroatoms. The van der Waals surface area contributed by atoms with Crippen LogP contribution in [-0.4, -0.2) is 50.2 Å². The van der Waals surface area contributed by atoms with Crippen molar-refractivity contribution in [1.29, 1.82) is 0 Å². The van der Waals surface area contributed by atoms with E-state index in [2.05, 4.69) is 17.1 Å². The van der Waals surface area contributed by atoms with Gasteiger partial charge in [0.15, 0.2) is 0 Å². The third-order valence-electron chi connectivity index (χ3n) is 4.53. The second-order valence-corrected chi connectivity index (χ2v) is 6.52. The Hall–Kier alpha value is -0.610. The minimum Gasteiger partial charge on any atom is -0.469 e. The molecule has 4 nitrogen and oxygen atoms in total. The van der Waals surface area contributed by atoms with Gasteiger partial charge in [0.25, 0.3) is 0 Å². The van der Waals surface area contributed by atoms with Gasteiger partial charge in [0.2, 0.25) is 0 Å². The number of carbonyl (C=O) groups excluding carboxylic acids is 1. The highest BCUT2D eigenvalue weighted by Crippen LogP contribution is 2.28. The Kier molecular flexibility index (Phi) is 6.30. The normalized spacial score (nSPS) is 27.5. The first-order valence-corrected chi connectivity index (χ1v) is 8.23. The van der Waals surface area contributed by atoms with Crippen LogP contribution in [-0.2, 0) is 9.53 Å². The van der Waals surface area contributed by atoms with Crippen molar-refractivity contribution >= 4 is 5.97 Å². The third-order valence-corrected chi connectivity index (χ3v) is 4.53. The number of rotatable bonds is 8. The highest BCUT2D eigenvalue weighted by atomic mass is 16.5. The smallest absolute Gasteiger partial charge is 0.305 e. The van der Waals surface area contributed by atoms with Crippen molar-refractivity contribution in [3.63, 3.8) is 0 Å². The molecule has 1 heterocycles. The molecule has 0 aromatic rings. The van der Waals surface area contributed by atoms with Crippen LogP contribution in [0.25, 0.3) is 0 Å². The van der Waals surface area contributed by atoms with Crippen molar-refractivity contribution in [3.05, 3.63) is 0 Å². The van der Waals surface area contributed by atoms with Crippen molar-refractivity contribution in [1.82, 2.24) is 10.2 Å². The lowest BCUT2D eigenvalue weighted by Crippen LogP contribution is -2.49. The standard InChI is InChI=1S/C16H30N2O2/c1-3-8-18-11-14(6-7-16(19)20-2)9-15(12-18)17-10-13-4-5-13/h13-15,17H,3-12H2,1-2H3. The number of hydrogen-bond donors (Lipinski definition) is 1. The van der Waals surface area contributed by atoms with E-state index in [0.717, 1.165) is 18.9 Å². The first-order valence-electron chi connectivity index (χ1n) is 8.23. The molecule has 0 spiro atoms. The first-order chi connectivity index (χ1) is 9.71. The summed E-state index contributed by atoms with van der Waals surface area (Å²) >= 11 is 0. The highest BCUT2D eigenvalue weighted by molar-refractivity contribution is 5.69. The van der Waals surface area contributed by atoms with Gasteiger partial charge in [0.1, 0.15) is 0 Å². The number of ether oxygens (including phenoxy) is 1. The molecular formula is C16H30N2O2. The minimum atomic E-state index is -0.0693. The van der Waals surface area contributed by atoms with Crippen LogP contribution in [0.2, 0.25) is 0 Å². The van der Waals surface area contributed by atoms with Crippen molar-refractivity contribution in [2.45, 2.75) is 51.5 Å². The van der Waals surface area contributed by atoms with E-state index in [4.69, 9.17) is 4.74 Å². The quantitative estimate of drug-likeness (QED) is 0.692. The van der Waals surface area contributed by atoms with E-state index >= 15 is 0 Å². The molecule has 2 rings (SSSR count). The zero-order valence-corrected chi connectivity index (χ0v) is 13.1. The molecule has 0 aromatic heterocycles. The number of methoxy groups -OCH3 is 1. The van der Waals surface area contributed by atoms with Crippen LogP contribution < -0.4 is 5.32 Å². The van der Waals surface area contributed by atoms with Crippen LogP contribution in [0.1, 0.15) is 45.4 Å². The van der Waals surface area contributed by atoms with E-state index in [1.165, 1.54) is 52.4 Å². The lowest BCUT2D eigenvalue weighted by atomic mass is 9.90. The zero-order valence-electron chi connectivity index (χ0n) is 13.1. The van der Waals surface area contributed by atoms with Gasteiger partial charge in [-0.3, -0.25) is 4.79 Å². The maximum Gasteiger partial charge on any atom is 0.305 e. The predicted octanol–water partition coefficient (Wildman–Crippen LogP) is 2.04. The summed E-state index contributed by atoms with van der Waals surface area (Å²) < 4.78 is 4.76. The number of carbonyl (C=O) groups is 1. The fourth-order valence-corrected chi connectivity index (χ4v) is 3.24. The van der Waals surface area contributed by atoms with E-state index in [-0.39, 0.29) is 5.97 Å². The Morgan fingerprint density at radius 1 is 1.30 bits per heavy atom. The molecule has 1 N–H and O–H groups in total. The van der Waals surface area contributed by atoms with E-state index < -0.39 is 0 Å². The Morgan fingerprint density at radius 2 is 2.10 bits per heavy atom. The summed E-state index contributed by atoms with van der Waals surface area (Å²) in [5, 5.41) is 3.75. The van der Waals surface area contributed by atoms with E-state index in [9.17, 15) is 4.79 Å². The van der Waals surface area contributed by atoms with Gasteiger partial charge in [0.05, 0.1) is 7.11 Å². The number of likely N-dealkylation sites (tertiary alicyclic amines) is 1. The second-order valence-electron chi connectivity index (χ2n) is 6.52. The van der Waals surface area contributed by atoms with E-state index in [0.29, 0.717) is 18.4 Å². The summed E-state index contributed by atoms with van der Waals surface area (Å²) in [6, 6.07) is 0.610. The number of nitrogens with one attached hydrogen (secondary N) is 1. The van der Waals surface area contributed by atoms with Crippen molar-refractivity contribution in [3.8, 4) is 0 Å². The second kappa shape index (κ2) is 7.99. The summed E-state index contributed by atoms with van der Waals surface area (Å²) in [5.74, 6) is 1.50. The molecule has 1 saturated heterocycles. The number of nitrogens with zero attached hydrogens (tertiary/aromatic N) is 1. The molecule has 0 amide bonds. The molecule has 20 heavy (non-hydrogen) atoms. The first kappa shape index (κ1) is 15.8. The monoisotopic (exact) mass is 282 g/mol. The van der Waals surface area contributed by atoms with Gasteiger partial charge in [-0.1, -0.05) is 6.92 Å². The molecule has 2 aliphatic rings. The van der Waals surface area contributed by atoms with Crippen LogP contribution >= 0.6 is 0 Å². The van der Waals surface area contributed by atoms with Crippen molar-refractivity contribution in [2.24, 2.45) is 11.8 Å². The predicted molar refractivity (Wildman–Crippen MR) is 80.6 cm³/mol. The van der Waals surface area contributed by atoms with Crippen LogP contribution in [0, 0.1) is 11.8 Å². The molecule has 2 unspecified atom stereocenters. The molecule has 116 valence electrons. The van der Waals surface area contributed by atoms with E-state index in [1.807, 2.05) is 0 Å². The van der Waals surface area contributed by atoms with Gasteiger partial charge in [-0.05, 0) is 57.0 Å². The Bertz CT molecular complexity index is 305. The SMILES string of the molecule is CCCN1CC(CCC(=O)OC)CC(NCC2CC2)C1. The Labute approximate surface area is 123 Å². The highest BCUT2D eigenvalue weighted by Gasteiger charge is 2.29.